The predicted molar refractivity (Wildman–Crippen MR) is 123 cm³/mol. The number of anilines is 2. The molecule has 2 N–H and O–H groups in total. The summed E-state index contributed by atoms with van der Waals surface area (Å²) in [6.45, 7) is 7.34. The Hall–Kier alpha value is -3.03. The number of amides is 1. The average Bonchev–Trinajstić information content (AvgIpc) is 3.18. The zero-order valence-corrected chi connectivity index (χ0v) is 17.8. The van der Waals surface area contributed by atoms with Gasteiger partial charge in [0.1, 0.15) is 0 Å². The number of aryl methyl sites for hydroxylation is 2. The fraction of sp³-hybridized carbons (Fsp3) is 0.261. The van der Waals surface area contributed by atoms with Crippen molar-refractivity contribution in [2.45, 2.75) is 13.8 Å². The topological polar surface area (TPSA) is 70.2 Å². The third-order valence-corrected chi connectivity index (χ3v) is 6.43. The maximum absolute atomic E-state index is 12.9. The molecule has 0 aliphatic carbocycles. The highest BCUT2D eigenvalue weighted by Gasteiger charge is 2.20. The highest BCUT2D eigenvalue weighted by molar-refractivity contribution is 7.21. The van der Waals surface area contributed by atoms with E-state index in [1.54, 1.807) is 0 Å². The van der Waals surface area contributed by atoms with Gasteiger partial charge in [0.2, 0.25) is 5.95 Å². The number of aromatic nitrogens is 2. The predicted octanol–water partition coefficient (Wildman–Crippen LogP) is 4.25. The molecule has 0 bridgehead atoms. The molecule has 2 aromatic carbocycles. The molecule has 1 aliphatic rings. The first-order chi connectivity index (χ1) is 14.6. The van der Waals surface area contributed by atoms with Gasteiger partial charge in [0.05, 0.1) is 10.4 Å². The van der Waals surface area contributed by atoms with Gasteiger partial charge in [-0.05, 0) is 55.3 Å². The molecule has 7 heteroatoms. The van der Waals surface area contributed by atoms with Crippen LogP contribution in [0.1, 0.15) is 20.8 Å². The van der Waals surface area contributed by atoms with Crippen molar-refractivity contribution in [1.29, 1.82) is 0 Å². The van der Waals surface area contributed by atoms with Crippen LogP contribution in [0.15, 0.2) is 42.6 Å². The van der Waals surface area contributed by atoms with Gasteiger partial charge in [-0.1, -0.05) is 6.07 Å². The molecule has 0 atom stereocenters. The number of nitrogens with one attached hydrogen (secondary N) is 2. The largest absolute Gasteiger partial charge is 0.335 e. The van der Waals surface area contributed by atoms with Gasteiger partial charge >= 0.3 is 0 Å². The molecule has 6 nitrogen and oxygen atoms in total. The first-order valence-electron chi connectivity index (χ1n) is 10.1. The lowest BCUT2D eigenvalue weighted by molar-refractivity contribution is 0.0741. The van der Waals surface area contributed by atoms with Crippen molar-refractivity contribution < 1.29 is 4.79 Å². The van der Waals surface area contributed by atoms with E-state index in [9.17, 15) is 4.79 Å². The maximum atomic E-state index is 12.9. The van der Waals surface area contributed by atoms with E-state index in [2.05, 4.69) is 53.7 Å². The van der Waals surface area contributed by atoms with Crippen LogP contribution in [0, 0.1) is 13.8 Å². The molecule has 1 fully saturated rings. The Labute approximate surface area is 179 Å². The number of thiophene rings is 1. The Balaban J connectivity index is 1.52. The summed E-state index contributed by atoms with van der Waals surface area (Å²) >= 11 is 1.54. The van der Waals surface area contributed by atoms with Gasteiger partial charge in [0, 0.05) is 53.5 Å². The number of hydrogen-bond acceptors (Lipinski definition) is 6. The van der Waals surface area contributed by atoms with E-state index in [4.69, 9.17) is 4.98 Å². The Bertz CT molecular complexity index is 1240. The summed E-state index contributed by atoms with van der Waals surface area (Å²) in [5.74, 6) is 0.662. The van der Waals surface area contributed by atoms with Crippen LogP contribution in [0.5, 0.6) is 0 Å². The van der Waals surface area contributed by atoms with E-state index in [1.165, 1.54) is 22.5 Å². The van der Waals surface area contributed by atoms with Gasteiger partial charge in [-0.25, -0.2) is 9.97 Å². The Kier molecular flexibility index (Phi) is 4.84. The summed E-state index contributed by atoms with van der Waals surface area (Å²) in [5, 5.41) is 8.58. The summed E-state index contributed by atoms with van der Waals surface area (Å²) < 4.78 is 1.07. The zero-order chi connectivity index (χ0) is 20.7. The number of rotatable bonds is 3. The minimum atomic E-state index is 0.105. The van der Waals surface area contributed by atoms with E-state index in [-0.39, 0.29) is 5.91 Å². The normalized spacial score (nSPS) is 14.4. The van der Waals surface area contributed by atoms with E-state index >= 15 is 0 Å². The number of carbonyl (C=O) groups excluding carboxylic acids is 1. The number of fused-ring (bicyclic) bond motifs is 3. The summed E-state index contributed by atoms with van der Waals surface area (Å²) in [6.07, 6.45) is 1.84. The molecule has 0 saturated carbocycles. The van der Waals surface area contributed by atoms with Crippen molar-refractivity contribution in [3.8, 4) is 0 Å². The lowest BCUT2D eigenvalue weighted by Gasteiger charge is -2.26. The van der Waals surface area contributed by atoms with Crippen LogP contribution in [0.2, 0.25) is 0 Å². The van der Waals surface area contributed by atoms with Crippen LogP contribution < -0.4 is 10.6 Å². The number of carbonyl (C=O) groups is 1. The third kappa shape index (κ3) is 3.62. The van der Waals surface area contributed by atoms with Gasteiger partial charge in [-0.2, -0.15) is 0 Å². The second-order valence-electron chi connectivity index (χ2n) is 7.76. The van der Waals surface area contributed by atoms with Gasteiger partial charge in [-0.15, -0.1) is 11.3 Å². The van der Waals surface area contributed by atoms with Crippen molar-refractivity contribution in [3.63, 3.8) is 0 Å². The lowest BCUT2D eigenvalue weighted by Crippen LogP contribution is -2.46. The first-order valence-corrected chi connectivity index (χ1v) is 10.9. The fourth-order valence-corrected chi connectivity index (χ4v) is 5.01. The quantitative estimate of drug-likeness (QED) is 0.521. The van der Waals surface area contributed by atoms with Crippen LogP contribution in [0.4, 0.5) is 11.6 Å². The van der Waals surface area contributed by atoms with Gasteiger partial charge in [-0.3, -0.25) is 4.79 Å². The molecular formula is C23H23N5OS. The van der Waals surface area contributed by atoms with Crippen LogP contribution in [0.3, 0.4) is 0 Å². The van der Waals surface area contributed by atoms with Crippen molar-refractivity contribution in [2.24, 2.45) is 0 Å². The first kappa shape index (κ1) is 19.0. The molecule has 1 amide bonds. The van der Waals surface area contributed by atoms with Crippen molar-refractivity contribution in [1.82, 2.24) is 20.2 Å². The second kappa shape index (κ2) is 7.66. The molecule has 30 heavy (non-hydrogen) atoms. The van der Waals surface area contributed by atoms with E-state index in [1.807, 2.05) is 23.2 Å². The Morgan fingerprint density at radius 1 is 1.10 bits per heavy atom. The summed E-state index contributed by atoms with van der Waals surface area (Å²) in [4.78, 5) is 24.9. The fourth-order valence-electron chi connectivity index (χ4n) is 3.97. The molecule has 152 valence electrons. The molecule has 4 aromatic rings. The summed E-state index contributed by atoms with van der Waals surface area (Å²) in [7, 11) is 0. The molecular weight excluding hydrogens is 394 g/mol. The Morgan fingerprint density at radius 3 is 2.63 bits per heavy atom. The zero-order valence-electron chi connectivity index (χ0n) is 17.0. The number of hydrogen-bond donors (Lipinski definition) is 2. The minimum Gasteiger partial charge on any atom is -0.335 e. The van der Waals surface area contributed by atoms with E-state index in [0.29, 0.717) is 5.95 Å². The van der Waals surface area contributed by atoms with Crippen LogP contribution in [0.25, 0.3) is 21.0 Å². The van der Waals surface area contributed by atoms with E-state index in [0.717, 1.165) is 57.7 Å². The summed E-state index contributed by atoms with van der Waals surface area (Å²) in [5.41, 5.74) is 4.22. The van der Waals surface area contributed by atoms with Gasteiger partial charge in [0.25, 0.3) is 5.91 Å². The second-order valence-corrected chi connectivity index (χ2v) is 8.85. The van der Waals surface area contributed by atoms with E-state index < -0.39 is 0 Å². The standard InChI is InChI=1S/C23H23N5OS/c1-14-9-15(2)11-17(10-14)26-23-25-13-16-3-4-19-18(21(16)27-23)12-20(30-19)22(29)28-7-5-24-6-8-28/h3-4,9-13,24H,5-8H2,1-2H3,(H,25,26,27). The molecule has 1 aliphatic heterocycles. The molecule has 0 unspecified atom stereocenters. The molecule has 5 rings (SSSR count). The third-order valence-electron chi connectivity index (χ3n) is 5.34. The SMILES string of the molecule is Cc1cc(C)cc(Nc2ncc3ccc4sc(C(=O)N5CCNCC5)cc4c3n2)c1. The summed E-state index contributed by atoms with van der Waals surface area (Å²) in [6, 6.07) is 12.4. The Morgan fingerprint density at radius 2 is 1.87 bits per heavy atom. The van der Waals surface area contributed by atoms with Gasteiger partial charge < -0.3 is 15.5 Å². The van der Waals surface area contributed by atoms with Gasteiger partial charge in [0.15, 0.2) is 0 Å². The molecule has 1 saturated heterocycles. The molecule has 2 aromatic heterocycles. The molecule has 3 heterocycles. The number of nitrogens with zero attached hydrogens (tertiary/aromatic N) is 3. The lowest BCUT2D eigenvalue weighted by atomic mass is 10.1. The number of piperazine rings is 1. The van der Waals surface area contributed by atoms with Crippen LogP contribution in [-0.2, 0) is 0 Å². The van der Waals surface area contributed by atoms with Crippen LogP contribution in [-0.4, -0.2) is 47.0 Å². The van der Waals surface area contributed by atoms with Crippen LogP contribution >= 0.6 is 11.3 Å². The van der Waals surface area contributed by atoms with Crippen molar-refractivity contribution >= 4 is 49.9 Å². The average molecular weight is 418 g/mol. The molecule has 0 spiro atoms. The smallest absolute Gasteiger partial charge is 0.264 e. The maximum Gasteiger partial charge on any atom is 0.264 e. The van der Waals surface area contributed by atoms with Crippen molar-refractivity contribution in [3.05, 3.63) is 58.6 Å². The number of benzene rings is 2. The highest BCUT2D eigenvalue weighted by atomic mass is 32.1. The highest BCUT2D eigenvalue weighted by Crippen LogP contribution is 2.32. The molecule has 0 radical (unpaired) electrons. The monoisotopic (exact) mass is 417 g/mol. The van der Waals surface area contributed by atoms with Crippen molar-refractivity contribution in [2.75, 3.05) is 31.5 Å². The minimum absolute atomic E-state index is 0.105.